The number of nitrogens with zero attached hydrogens (tertiary/aromatic N) is 1. The number of ether oxygens (including phenoxy) is 3. The van der Waals surface area contributed by atoms with Crippen molar-refractivity contribution in [1.82, 2.24) is 0 Å². The molecule has 1 amide bonds. The summed E-state index contributed by atoms with van der Waals surface area (Å²) < 4.78 is 19.4. The first kappa shape index (κ1) is 32.5. The molecule has 0 aliphatic rings. The first-order valence-electron chi connectivity index (χ1n) is 15.3. The van der Waals surface area contributed by atoms with Crippen molar-refractivity contribution in [3.8, 4) is 17.2 Å². The van der Waals surface area contributed by atoms with Crippen molar-refractivity contribution in [2.75, 3.05) is 25.6 Å². The van der Waals surface area contributed by atoms with E-state index in [0.717, 1.165) is 24.2 Å². The number of nitrogens with one attached hydrogen (secondary N) is 1. The Bertz CT molecular complexity index is 1160. The van der Waals surface area contributed by atoms with Crippen LogP contribution in [0.25, 0.3) is 0 Å². The fraction of sp³-hybridized carbons (Fsp3) is 0.529. The fourth-order valence-corrected chi connectivity index (χ4v) is 5.45. The van der Waals surface area contributed by atoms with E-state index in [1.54, 1.807) is 30.6 Å². The molecule has 6 nitrogen and oxygen atoms in total. The quantitative estimate of drug-likeness (QED) is 0.101. The van der Waals surface area contributed by atoms with Gasteiger partial charge in [0.1, 0.15) is 5.75 Å². The van der Waals surface area contributed by atoms with E-state index >= 15 is 0 Å². The molecule has 0 aliphatic carbocycles. The number of aryl methyl sites for hydroxylation is 1. The van der Waals surface area contributed by atoms with Gasteiger partial charge in [-0.1, -0.05) is 101 Å². The Hall–Kier alpha value is -3.06. The number of rotatable bonds is 21. The van der Waals surface area contributed by atoms with Crippen molar-refractivity contribution >= 4 is 22.9 Å². The maximum Gasteiger partial charge on any atom is 0.262 e. The third kappa shape index (κ3) is 13.0. The molecule has 2 aromatic carbocycles. The molecule has 0 saturated carbocycles. The number of hydrogen-bond donors (Lipinski definition) is 1. The van der Waals surface area contributed by atoms with Crippen LogP contribution in [-0.2, 0) is 11.3 Å². The second-order valence-corrected chi connectivity index (χ2v) is 11.8. The van der Waals surface area contributed by atoms with Crippen LogP contribution in [0.1, 0.15) is 94.4 Å². The summed E-state index contributed by atoms with van der Waals surface area (Å²) in [6, 6.07) is 13.3. The first-order valence-corrected chi connectivity index (χ1v) is 16.2. The van der Waals surface area contributed by atoms with Crippen molar-refractivity contribution < 1.29 is 23.6 Å². The Labute approximate surface area is 251 Å². The molecule has 0 unspecified atom stereocenters. The summed E-state index contributed by atoms with van der Waals surface area (Å²) in [5.41, 5.74) is 3.97. The maximum atomic E-state index is 12.6. The van der Waals surface area contributed by atoms with E-state index in [1.165, 1.54) is 75.5 Å². The Morgan fingerprint density at radius 2 is 1.56 bits per heavy atom. The summed E-state index contributed by atoms with van der Waals surface area (Å²) in [6.45, 7) is 5.67. The van der Waals surface area contributed by atoms with Crippen LogP contribution in [0.5, 0.6) is 17.2 Å². The van der Waals surface area contributed by atoms with Crippen molar-refractivity contribution in [1.29, 1.82) is 0 Å². The van der Waals surface area contributed by atoms with Gasteiger partial charge in [-0.15, -0.1) is 0 Å². The molecule has 1 N–H and O–H groups in total. The van der Waals surface area contributed by atoms with E-state index < -0.39 is 0 Å². The lowest BCUT2D eigenvalue weighted by atomic mass is 10.1. The number of benzene rings is 2. The zero-order chi connectivity index (χ0) is 29.1. The van der Waals surface area contributed by atoms with Crippen LogP contribution in [-0.4, -0.2) is 26.2 Å². The highest BCUT2D eigenvalue weighted by molar-refractivity contribution is 7.09. The predicted octanol–water partition coefficient (Wildman–Crippen LogP) is 8.50. The lowest BCUT2D eigenvalue weighted by molar-refractivity contribution is -0.683. The second kappa shape index (κ2) is 19.1. The van der Waals surface area contributed by atoms with Crippen LogP contribution in [0.2, 0.25) is 0 Å². The number of thiazole rings is 1. The van der Waals surface area contributed by atoms with E-state index in [0.29, 0.717) is 23.9 Å². The van der Waals surface area contributed by atoms with Crippen LogP contribution >= 0.6 is 11.3 Å². The molecule has 0 atom stereocenters. The number of carbonyl (C=O) groups excluding carboxylic acids is 1. The Balaban J connectivity index is 1.33. The van der Waals surface area contributed by atoms with Gasteiger partial charge >= 0.3 is 0 Å². The second-order valence-electron chi connectivity index (χ2n) is 10.7. The lowest BCUT2D eigenvalue weighted by Gasteiger charge is -2.13. The van der Waals surface area contributed by atoms with Gasteiger partial charge in [0.2, 0.25) is 5.51 Å². The highest BCUT2D eigenvalue weighted by Gasteiger charge is 2.11. The molecule has 0 radical (unpaired) electrons. The predicted molar refractivity (Wildman–Crippen MR) is 168 cm³/mol. The topological polar surface area (TPSA) is 60.7 Å². The minimum Gasteiger partial charge on any atom is -0.493 e. The number of carbonyl (C=O) groups is 1. The van der Waals surface area contributed by atoms with E-state index in [1.807, 2.05) is 24.3 Å². The number of methoxy groups -OCH3 is 1. The molecule has 1 heterocycles. The van der Waals surface area contributed by atoms with Crippen LogP contribution in [0.4, 0.5) is 5.69 Å². The normalized spacial score (nSPS) is 10.9. The number of anilines is 1. The fourth-order valence-electron chi connectivity index (χ4n) is 4.82. The minimum atomic E-state index is -0.212. The van der Waals surface area contributed by atoms with Gasteiger partial charge in [0.25, 0.3) is 5.91 Å². The van der Waals surface area contributed by atoms with Gasteiger partial charge in [0.15, 0.2) is 30.8 Å². The Morgan fingerprint density at radius 3 is 2.22 bits per heavy atom. The summed E-state index contributed by atoms with van der Waals surface area (Å²) in [4.78, 5) is 13.8. The van der Waals surface area contributed by atoms with E-state index in [9.17, 15) is 4.79 Å². The highest BCUT2D eigenvalue weighted by Crippen LogP contribution is 2.31. The molecule has 7 heteroatoms. The SMILES string of the molecule is CCCCCCCCCCCCCCOc1cc(OCC(=O)Nc2cccc(C[n+]3csc(C)c3)c2)ccc1OC. The summed E-state index contributed by atoms with van der Waals surface area (Å²) in [7, 11) is 1.63. The van der Waals surface area contributed by atoms with Crippen LogP contribution in [0, 0.1) is 6.92 Å². The largest absolute Gasteiger partial charge is 0.493 e. The average Bonchev–Trinajstić information content (AvgIpc) is 3.38. The van der Waals surface area contributed by atoms with Gasteiger partial charge in [0, 0.05) is 17.3 Å². The van der Waals surface area contributed by atoms with Gasteiger partial charge in [-0.25, -0.2) is 0 Å². The lowest BCUT2D eigenvalue weighted by Crippen LogP contribution is -2.30. The Morgan fingerprint density at radius 1 is 0.854 bits per heavy atom. The average molecular weight is 582 g/mol. The molecule has 0 saturated heterocycles. The molecule has 0 aliphatic heterocycles. The maximum absolute atomic E-state index is 12.6. The third-order valence-electron chi connectivity index (χ3n) is 7.06. The number of amides is 1. The van der Waals surface area contributed by atoms with Gasteiger partial charge in [0.05, 0.1) is 18.6 Å². The monoisotopic (exact) mass is 581 g/mol. The van der Waals surface area contributed by atoms with E-state index in [4.69, 9.17) is 14.2 Å². The molecule has 41 heavy (non-hydrogen) atoms. The molecule has 0 fully saturated rings. The van der Waals surface area contributed by atoms with Crippen LogP contribution in [0.3, 0.4) is 0 Å². The third-order valence-corrected chi connectivity index (χ3v) is 7.91. The molecule has 224 valence electrons. The summed E-state index contributed by atoms with van der Waals surface area (Å²) in [5.74, 6) is 1.66. The van der Waals surface area contributed by atoms with Gasteiger partial charge in [-0.05, 0) is 37.6 Å². The molecular weight excluding hydrogens is 532 g/mol. The van der Waals surface area contributed by atoms with Crippen molar-refractivity contribution in [2.24, 2.45) is 0 Å². The molecular formula is C34H49N2O4S+. The molecule has 1 aromatic heterocycles. The summed E-state index contributed by atoms with van der Waals surface area (Å²) in [6.07, 6.45) is 17.9. The molecule has 0 spiro atoms. The zero-order valence-corrected chi connectivity index (χ0v) is 26.1. The molecule has 3 aromatic rings. The van der Waals surface area contributed by atoms with Crippen molar-refractivity contribution in [2.45, 2.75) is 97.4 Å². The summed E-state index contributed by atoms with van der Waals surface area (Å²) in [5, 5.41) is 2.93. The number of hydrogen-bond acceptors (Lipinski definition) is 5. The van der Waals surface area contributed by atoms with E-state index in [-0.39, 0.29) is 12.5 Å². The summed E-state index contributed by atoms with van der Waals surface area (Å²) >= 11 is 1.72. The minimum absolute atomic E-state index is 0.0901. The van der Waals surface area contributed by atoms with Gasteiger partial charge in [-0.2, -0.15) is 4.57 Å². The first-order chi connectivity index (χ1) is 20.1. The Kier molecular flexibility index (Phi) is 15.1. The van der Waals surface area contributed by atoms with Gasteiger partial charge < -0.3 is 19.5 Å². The van der Waals surface area contributed by atoms with Crippen LogP contribution in [0.15, 0.2) is 54.2 Å². The van der Waals surface area contributed by atoms with Crippen molar-refractivity contribution in [3.05, 3.63) is 64.6 Å². The van der Waals surface area contributed by atoms with Crippen LogP contribution < -0.4 is 24.1 Å². The number of aromatic nitrogens is 1. The number of unbranched alkanes of at least 4 members (excludes halogenated alkanes) is 11. The molecule has 0 bridgehead atoms. The highest BCUT2D eigenvalue weighted by atomic mass is 32.1. The van der Waals surface area contributed by atoms with Gasteiger partial charge in [-0.3, -0.25) is 4.79 Å². The standard InChI is InChI=1S/C34H48N2O4S/c1-4-5-6-7-8-9-10-11-12-13-14-15-21-39-33-23-31(19-20-32(33)38-3)40-26-34(37)35-30-18-16-17-29(22-30)25-36-24-28(2)41-27-36/h16-20,22-24,27H,4-15,21,25-26H2,1-3H3/p+1. The van der Waals surface area contributed by atoms with E-state index in [2.05, 4.69) is 41.5 Å². The smallest absolute Gasteiger partial charge is 0.262 e. The van der Waals surface area contributed by atoms with Crippen molar-refractivity contribution in [3.63, 3.8) is 0 Å². The zero-order valence-electron chi connectivity index (χ0n) is 25.3. The molecule has 3 rings (SSSR count).